The zero-order chi connectivity index (χ0) is 21.3. The average Bonchev–Trinajstić information content (AvgIpc) is 3.08. The van der Waals surface area contributed by atoms with Crippen LogP contribution < -0.4 is 21.4 Å². The van der Waals surface area contributed by atoms with E-state index in [9.17, 15) is 15.0 Å². The van der Waals surface area contributed by atoms with Crippen LogP contribution in [0.1, 0.15) is 42.5 Å². The number of aryl methyl sites for hydroxylation is 2. The molecule has 4 N–H and O–H groups in total. The van der Waals surface area contributed by atoms with E-state index >= 15 is 0 Å². The minimum Gasteiger partial charge on any atom is -0.510 e. The molecule has 0 amide bonds. The molecule has 1 aromatic carbocycles. The monoisotopic (exact) mass is 406 g/mol. The van der Waals surface area contributed by atoms with Crippen LogP contribution in [0.4, 0.5) is 0 Å². The van der Waals surface area contributed by atoms with E-state index in [1.165, 1.54) is 28.3 Å². The summed E-state index contributed by atoms with van der Waals surface area (Å²) in [6.07, 6.45) is 7.32. The van der Waals surface area contributed by atoms with Gasteiger partial charge in [0, 0.05) is 30.3 Å². The fraction of sp³-hybridized carbons (Fsp3) is 0.400. The van der Waals surface area contributed by atoms with E-state index in [1.54, 1.807) is 6.07 Å². The maximum Gasteiger partial charge on any atom is 0.248 e. The van der Waals surface area contributed by atoms with E-state index in [0.29, 0.717) is 35.1 Å². The van der Waals surface area contributed by atoms with Crippen LogP contribution in [0.3, 0.4) is 0 Å². The van der Waals surface area contributed by atoms with Gasteiger partial charge in [-0.3, -0.25) is 4.79 Å². The van der Waals surface area contributed by atoms with Crippen molar-refractivity contribution in [1.29, 1.82) is 0 Å². The molecule has 158 valence electrons. The van der Waals surface area contributed by atoms with Crippen molar-refractivity contribution in [3.8, 4) is 0 Å². The molecule has 5 heteroatoms. The summed E-state index contributed by atoms with van der Waals surface area (Å²) < 4.78 is 0. The van der Waals surface area contributed by atoms with Crippen LogP contribution in [-0.4, -0.2) is 33.9 Å². The molecule has 5 nitrogen and oxygen atoms in total. The molecule has 1 unspecified atom stereocenters. The first-order valence-corrected chi connectivity index (χ1v) is 10.9. The van der Waals surface area contributed by atoms with Crippen LogP contribution in [0.15, 0.2) is 41.2 Å². The Hall–Kier alpha value is -2.63. The van der Waals surface area contributed by atoms with Crippen LogP contribution >= 0.6 is 0 Å². The maximum absolute atomic E-state index is 11.7. The van der Waals surface area contributed by atoms with Crippen LogP contribution in [0.25, 0.3) is 11.3 Å². The molecule has 2 aromatic rings. The SMILES string of the molecule is CCc1cc2c(cc1CC)CC(NCC(O)C1=c3ccc(=O)[nH]c3=C(O)CC=C1)C2. The van der Waals surface area contributed by atoms with Gasteiger partial charge in [-0.15, -0.1) is 0 Å². The Bertz CT molecular complexity index is 1130. The van der Waals surface area contributed by atoms with Crippen molar-refractivity contribution in [2.24, 2.45) is 0 Å². The lowest BCUT2D eigenvalue weighted by Crippen LogP contribution is -2.41. The summed E-state index contributed by atoms with van der Waals surface area (Å²) in [6.45, 7) is 4.83. The minimum absolute atomic E-state index is 0.110. The van der Waals surface area contributed by atoms with E-state index in [2.05, 4.69) is 36.3 Å². The van der Waals surface area contributed by atoms with Crippen molar-refractivity contribution < 1.29 is 10.2 Å². The molecule has 0 saturated heterocycles. The predicted molar refractivity (Wildman–Crippen MR) is 120 cm³/mol. The van der Waals surface area contributed by atoms with Crippen molar-refractivity contribution in [2.75, 3.05) is 6.54 Å². The number of benzene rings is 1. The van der Waals surface area contributed by atoms with Crippen molar-refractivity contribution >= 4 is 11.3 Å². The van der Waals surface area contributed by atoms with Gasteiger partial charge >= 0.3 is 0 Å². The molecular formula is C25H30N2O3. The second-order valence-electron chi connectivity index (χ2n) is 8.25. The Balaban J connectivity index is 1.52. The summed E-state index contributed by atoms with van der Waals surface area (Å²) in [7, 11) is 0. The molecule has 1 heterocycles. The molecular weight excluding hydrogens is 376 g/mol. The van der Waals surface area contributed by atoms with Gasteiger partial charge in [0.2, 0.25) is 5.56 Å². The van der Waals surface area contributed by atoms with Gasteiger partial charge in [0.05, 0.1) is 11.5 Å². The van der Waals surface area contributed by atoms with Crippen LogP contribution in [-0.2, 0) is 25.7 Å². The molecule has 4 rings (SSSR count). The number of aromatic amines is 1. The molecule has 2 aliphatic rings. The first kappa shape index (κ1) is 20.6. The highest BCUT2D eigenvalue weighted by Gasteiger charge is 2.23. The number of fused-ring (bicyclic) bond motifs is 2. The normalized spacial score (nSPS) is 17.0. The molecule has 0 aliphatic heterocycles. The second-order valence-corrected chi connectivity index (χ2v) is 8.25. The average molecular weight is 407 g/mol. The first-order chi connectivity index (χ1) is 14.5. The minimum atomic E-state index is -0.738. The zero-order valence-corrected chi connectivity index (χ0v) is 17.7. The molecule has 1 atom stereocenters. The van der Waals surface area contributed by atoms with E-state index in [-0.39, 0.29) is 11.3 Å². The highest BCUT2D eigenvalue weighted by atomic mass is 16.3. The molecule has 2 aliphatic carbocycles. The number of aliphatic hydroxyl groups is 2. The van der Waals surface area contributed by atoms with Gasteiger partial charge < -0.3 is 20.5 Å². The van der Waals surface area contributed by atoms with Crippen molar-refractivity contribution in [1.82, 2.24) is 10.3 Å². The lowest BCUT2D eigenvalue weighted by Gasteiger charge is -2.17. The standard InChI is InChI=1S/C25H30N2O3/c1-3-15-10-17-12-19(13-18(17)11-16(15)4-2)26-14-23(29)20-6-5-7-22(28)25-21(20)8-9-24(30)27-25/h5-6,8-11,19,23,26,28-29H,3-4,7,12-14H2,1-2H3,(H,27,30). The van der Waals surface area contributed by atoms with Crippen LogP contribution in [0.5, 0.6) is 0 Å². The number of nitrogens with one attached hydrogen (secondary N) is 2. The van der Waals surface area contributed by atoms with Crippen molar-refractivity contribution in [2.45, 2.75) is 58.1 Å². The summed E-state index contributed by atoms with van der Waals surface area (Å²) in [6, 6.07) is 8.12. The Morgan fingerprint density at radius 1 is 1.13 bits per heavy atom. The third-order valence-electron chi connectivity index (χ3n) is 6.30. The first-order valence-electron chi connectivity index (χ1n) is 10.9. The molecule has 0 bridgehead atoms. The predicted octanol–water partition coefficient (Wildman–Crippen LogP) is 1.39. The van der Waals surface area contributed by atoms with Gasteiger partial charge in [0.1, 0.15) is 5.76 Å². The fourth-order valence-electron chi connectivity index (χ4n) is 4.69. The number of rotatable bonds is 6. The van der Waals surface area contributed by atoms with Crippen LogP contribution in [0, 0.1) is 0 Å². The molecule has 1 aromatic heterocycles. The Kier molecular flexibility index (Phi) is 5.93. The Morgan fingerprint density at radius 2 is 1.80 bits per heavy atom. The molecule has 30 heavy (non-hydrogen) atoms. The van der Waals surface area contributed by atoms with Crippen molar-refractivity contribution in [3.05, 3.63) is 79.6 Å². The lowest BCUT2D eigenvalue weighted by atomic mass is 9.97. The summed E-state index contributed by atoms with van der Waals surface area (Å²) in [5.41, 5.74) is 6.15. The van der Waals surface area contributed by atoms with E-state index in [1.807, 2.05) is 12.2 Å². The molecule has 0 saturated carbocycles. The Labute approximate surface area is 176 Å². The number of aromatic nitrogens is 1. The number of hydrogen-bond acceptors (Lipinski definition) is 4. The quantitative estimate of drug-likeness (QED) is 0.584. The van der Waals surface area contributed by atoms with E-state index < -0.39 is 6.10 Å². The van der Waals surface area contributed by atoms with Gasteiger partial charge in [-0.1, -0.05) is 38.1 Å². The maximum atomic E-state index is 11.7. The van der Waals surface area contributed by atoms with Crippen molar-refractivity contribution in [3.63, 3.8) is 0 Å². The van der Waals surface area contributed by atoms with Gasteiger partial charge in [-0.25, -0.2) is 0 Å². The third kappa shape index (κ3) is 4.00. The third-order valence-corrected chi connectivity index (χ3v) is 6.30. The van der Waals surface area contributed by atoms with Gasteiger partial charge in [0.15, 0.2) is 0 Å². The van der Waals surface area contributed by atoms with Gasteiger partial charge in [-0.2, -0.15) is 0 Å². The van der Waals surface area contributed by atoms with Crippen LogP contribution in [0.2, 0.25) is 0 Å². The number of pyridine rings is 1. The molecule has 0 spiro atoms. The van der Waals surface area contributed by atoms with E-state index in [4.69, 9.17) is 0 Å². The summed E-state index contributed by atoms with van der Waals surface area (Å²) >= 11 is 0. The summed E-state index contributed by atoms with van der Waals surface area (Å²) in [4.78, 5) is 14.4. The largest absolute Gasteiger partial charge is 0.510 e. The Morgan fingerprint density at radius 3 is 2.43 bits per heavy atom. The lowest BCUT2D eigenvalue weighted by molar-refractivity contribution is 0.222. The molecule has 0 fully saturated rings. The number of aliphatic hydroxyl groups excluding tert-OH is 2. The topological polar surface area (TPSA) is 85.4 Å². The molecule has 0 radical (unpaired) electrons. The zero-order valence-electron chi connectivity index (χ0n) is 17.7. The smallest absolute Gasteiger partial charge is 0.248 e. The highest BCUT2D eigenvalue weighted by molar-refractivity contribution is 5.63. The highest BCUT2D eigenvalue weighted by Crippen LogP contribution is 2.27. The van der Waals surface area contributed by atoms with Gasteiger partial charge in [-0.05, 0) is 59.6 Å². The van der Waals surface area contributed by atoms with E-state index in [0.717, 1.165) is 25.7 Å². The van der Waals surface area contributed by atoms with Gasteiger partial charge in [0.25, 0.3) is 0 Å². The number of hydrogen-bond donors (Lipinski definition) is 4. The number of H-pyrrole nitrogens is 1. The fourth-order valence-corrected chi connectivity index (χ4v) is 4.69. The second kappa shape index (κ2) is 8.62. The summed E-state index contributed by atoms with van der Waals surface area (Å²) in [5, 5.41) is 25.7. The summed E-state index contributed by atoms with van der Waals surface area (Å²) in [5.74, 6) is 0.110.